The molecule has 2 aliphatic rings. The lowest BCUT2D eigenvalue weighted by molar-refractivity contribution is 0.159. The summed E-state index contributed by atoms with van der Waals surface area (Å²) in [5.41, 5.74) is 1.26. The van der Waals surface area contributed by atoms with Gasteiger partial charge in [-0.15, -0.1) is 0 Å². The van der Waals surface area contributed by atoms with Crippen molar-refractivity contribution in [3.05, 3.63) is 17.7 Å². The summed E-state index contributed by atoms with van der Waals surface area (Å²) in [7, 11) is 0. The number of aryl methyl sites for hydroxylation is 1. The first-order valence-corrected chi connectivity index (χ1v) is 8.23. The van der Waals surface area contributed by atoms with Gasteiger partial charge in [-0.2, -0.15) is 0 Å². The number of hydrogen-bond donors (Lipinski definition) is 1. The van der Waals surface area contributed by atoms with Crippen molar-refractivity contribution in [1.29, 1.82) is 0 Å². The van der Waals surface area contributed by atoms with E-state index in [0.29, 0.717) is 18.4 Å². The molecule has 3 rings (SSSR count). The number of aromatic nitrogens is 2. The summed E-state index contributed by atoms with van der Waals surface area (Å²) >= 11 is 0. The summed E-state index contributed by atoms with van der Waals surface area (Å²) in [4.78, 5) is 18.6. The van der Waals surface area contributed by atoms with E-state index in [2.05, 4.69) is 21.8 Å². The van der Waals surface area contributed by atoms with E-state index in [-0.39, 0.29) is 6.03 Å². The average molecular weight is 290 g/mol. The molecule has 0 spiro atoms. The lowest BCUT2D eigenvalue weighted by Gasteiger charge is -2.33. The minimum atomic E-state index is 0.0898. The summed E-state index contributed by atoms with van der Waals surface area (Å²) in [6, 6.07) is 0.0898. The van der Waals surface area contributed by atoms with Gasteiger partial charge >= 0.3 is 6.03 Å². The van der Waals surface area contributed by atoms with Gasteiger partial charge in [-0.05, 0) is 45.4 Å². The highest BCUT2D eigenvalue weighted by atomic mass is 16.2. The average Bonchev–Trinajstić information content (AvgIpc) is 3.26. The van der Waals surface area contributed by atoms with Crippen LogP contribution in [-0.4, -0.2) is 40.1 Å². The number of hydrogen-bond acceptors (Lipinski definition) is 2. The lowest BCUT2D eigenvalue weighted by atomic mass is 9.98. The first-order chi connectivity index (χ1) is 10.2. The van der Waals surface area contributed by atoms with Crippen molar-refractivity contribution in [3.8, 4) is 0 Å². The maximum absolute atomic E-state index is 12.0. The molecule has 2 heterocycles. The van der Waals surface area contributed by atoms with E-state index in [4.69, 9.17) is 0 Å². The zero-order chi connectivity index (χ0) is 14.8. The molecular weight excluding hydrogens is 264 g/mol. The van der Waals surface area contributed by atoms with Crippen LogP contribution < -0.4 is 5.32 Å². The Morgan fingerprint density at radius 1 is 1.43 bits per heavy atom. The van der Waals surface area contributed by atoms with Crippen LogP contribution >= 0.6 is 0 Å². The van der Waals surface area contributed by atoms with E-state index < -0.39 is 0 Å². The highest BCUT2D eigenvalue weighted by molar-refractivity contribution is 5.74. The van der Waals surface area contributed by atoms with Gasteiger partial charge in [-0.1, -0.05) is 0 Å². The van der Waals surface area contributed by atoms with E-state index in [1.54, 1.807) is 0 Å². The van der Waals surface area contributed by atoms with Gasteiger partial charge in [0.25, 0.3) is 0 Å². The first-order valence-electron chi connectivity index (χ1n) is 8.23. The van der Waals surface area contributed by atoms with Gasteiger partial charge < -0.3 is 14.8 Å². The summed E-state index contributed by atoms with van der Waals surface area (Å²) in [6.45, 7) is 7.58. The molecule has 1 aromatic heterocycles. The Labute approximate surface area is 126 Å². The Kier molecular flexibility index (Phi) is 4.17. The number of amides is 2. The Bertz CT molecular complexity index is 506. The van der Waals surface area contributed by atoms with Crippen molar-refractivity contribution < 1.29 is 4.79 Å². The summed E-state index contributed by atoms with van der Waals surface area (Å²) in [5, 5.41) is 2.91. The van der Waals surface area contributed by atoms with E-state index in [0.717, 1.165) is 26.1 Å². The predicted octanol–water partition coefficient (Wildman–Crippen LogP) is 2.51. The van der Waals surface area contributed by atoms with E-state index in [1.165, 1.54) is 30.8 Å². The third-order valence-electron chi connectivity index (χ3n) is 4.60. The molecule has 116 valence electrons. The number of imidazole rings is 1. The van der Waals surface area contributed by atoms with Crippen molar-refractivity contribution in [3.63, 3.8) is 0 Å². The SMILES string of the molecule is CCNC(=O)N1CCCC(Cn2c(C)cnc2C2CC2)C1. The van der Waals surface area contributed by atoms with Gasteiger partial charge in [0.2, 0.25) is 0 Å². The molecule has 1 N–H and O–H groups in total. The molecule has 1 unspecified atom stereocenters. The Hall–Kier alpha value is -1.52. The van der Waals surface area contributed by atoms with Gasteiger partial charge in [0.05, 0.1) is 0 Å². The fourth-order valence-electron chi connectivity index (χ4n) is 3.30. The van der Waals surface area contributed by atoms with Crippen LogP contribution in [-0.2, 0) is 6.54 Å². The molecule has 2 amide bonds. The van der Waals surface area contributed by atoms with Gasteiger partial charge in [0.15, 0.2) is 0 Å². The third-order valence-corrected chi connectivity index (χ3v) is 4.60. The summed E-state index contributed by atoms with van der Waals surface area (Å²) < 4.78 is 2.39. The van der Waals surface area contributed by atoms with Crippen molar-refractivity contribution >= 4 is 6.03 Å². The standard InChI is InChI=1S/C16H26N4O/c1-3-17-16(21)19-8-4-5-13(10-19)11-20-12(2)9-18-15(20)14-6-7-14/h9,13-14H,3-8,10-11H2,1-2H3,(H,17,21). The van der Waals surface area contributed by atoms with Gasteiger partial charge in [-0.3, -0.25) is 0 Å². The molecule has 1 saturated heterocycles. The van der Waals surface area contributed by atoms with Crippen LogP contribution in [0.4, 0.5) is 4.79 Å². The first kappa shape index (κ1) is 14.4. The molecular formula is C16H26N4O. The van der Waals surface area contributed by atoms with Crippen LogP contribution in [0.5, 0.6) is 0 Å². The van der Waals surface area contributed by atoms with Crippen LogP contribution in [0.2, 0.25) is 0 Å². The Morgan fingerprint density at radius 3 is 2.95 bits per heavy atom. The highest BCUT2D eigenvalue weighted by Crippen LogP contribution is 2.39. The van der Waals surface area contributed by atoms with Crippen molar-refractivity contribution in [2.24, 2.45) is 5.92 Å². The fourth-order valence-corrected chi connectivity index (χ4v) is 3.30. The minimum Gasteiger partial charge on any atom is -0.338 e. The highest BCUT2D eigenvalue weighted by Gasteiger charge is 2.30. The van der Waals surface area contributed by atoms with E-state index >= 15 is 0 Å². The van der Waals surface area contributed by atoms with Gasteiger partial charge in [0, 0.05) is 44.0 Å². The van der Waals surface area contributed by atoms with Crippen LogP contribution in [0.1, 0.15) is 50.0 Å². The molecule has 1 atom stereocenters. The summed E-state index contributed by atoms with van der Waals surface area (Å²) in [6.07, 6.45) is 6.88. The molecule has 1 aromatic rings. The van der Waals surface area contributed by atoms with Crippen molar-refractivity contribution in [1.82, 2.24) is 19.8 Å². The number of urea groups is 1. The quantitative estimate of drug-likeness (QED) is 0.926. The molecule has 5 heteroatoms. The minimum absolute atomic E-state index is 0.0898. The number of likely N-dealkylation sites (tertiary alicyclic amines) is 1. The molecule has 0 aromatic carbocycles. The number of carbonyl (C=O) groups is 1. The number of nitrogens with one attached hydrogen (secondary N) is 1. The maximum Gasteiger partial charge on any atom is 0.317 e. The lowest BCUT2D eigenvalue weighted by Crippen LogP contribution is -2.46. The number of nitrogens with zero attached hydrogens (tertiary/aromatic N) is 3. The normalized spacial score (nSPS) is 22.4. The number of piperidine rings is 1. The molecule has 5 nitrogen and oxygen atoms in total. The molecule has 21 heavy (non-hydrogen) atoms. The Morgan fingerprint density at radius 2 is 2.24 bits per heavy atom. The molecule has 1 aliphatic carbocycles. The molecule has 0 radical (unpaired) electrons. The Balaban J connectivity index is 1.64. The third kappa shape index (κ3) is 3.22. The fraction of sp³-hybridized carbons (Fsp3) is 0.750. The second-order valence-electron chi connectivity index (χ2n) is 6.43. The second kappa shape index (κ2) is 6.08. The van der Waals surface area contributed by atoms with Crippen molar-refractivity contribution in [2.45, 2.75) is 52.0 Å². The maximum atomic E-state index is 12.0. The molecule has 0 bridgehead atoms. The van der Waals surface area contributed by atoms with Crippen LogP contribution in [0.25, 0.3) is 0 Å². The van der Waals surface area contributed by atoms with Gasteiger partial charge in [-0.25, -0.2) is 9.78 Å². The van der Waals surface area contributed by atoms with E-state index in [1.807, 2.05) is 18.0 Å². The van der Waals surface area contributed by atoms with Crippen LogP contribution in [0.3, 0.4) is 0 Å². The zero-order valence-electron chi connectivity index (χ0n) is 13.1. The topological polar surface area (TPSA) is 50.2 Å². The molecule has 2 fully saturated rings. The molecule has 1 aliphatic heterocycles. The largest absolute Gasteiger partial charge is 0.338 e. The molecule has 1 saturated carbocycles. The predicted molar refractivity (Wildman–Crippen MR) is 82.3 cm³/mol. The van der Waals surface area contributed by atoms with Crippen LogP contribution in [0, 0.1) is 12.8 Å². The zero-order valence-corrected chi connectivity index (χ0v) is 13.1. The second-order valence-corrected chi connectivity index (χ2v) is 6.43. The van der Waals surface area contributed by atoms with Crippen molar-refractivity contribution in [2.75, 3.05) is 19.6 Å². The summed E-state index contributed by atoms with van der Waals surface area (Å²) in [5.74, 6) is 2.50. The smallest absolute Gasteiger partial charge is 0.317 e. The van der Waals surface area contributed by atoms with Gasteiger partial charge in [0.1, 0.15) is 5.82 Å². The number of rotatable bonds is 4. The monoisotopic (exact) mass is 290 g/mol. The van der Waals surface area contributed by atoms with Crippen LogP contribution in [0.15, 0.2) is 6.20 Å². The van der Waals surface area contributed by atoms with E-state index in [9.17, 15) is 4.79 Å². The number of carbonyl (C=O) groups excluding carboxylic acids is 1.